The number of amidine groups is 1. The van der Waals surface area contributed by atoms with Gasteiger partial charge in [-0.05, 0) is 26.2 Å². The number of esters is 1. The van der Waals surface area contributed by atoms with Crippen molar-refractivity contribution in [2.75, 3.05) is 19.8 Å². The zero-order valence-electron chi connectivity index (χ0n) is 11.0. The van der Waals surface area contributed by atoms with E-state index in [9.17, 15) is 4.79 Å². The average molecular weight is 272 g/mol. The van der Waals surface area contributed by atoms with Gasteiger partial charge in [-0.15, -0.1) is 0 Å². The molecule has 1 aliphatic rings. The minimum atomic E-state index is -0.694. The molecular weight excluding hydrogens is 252 g/mol. The van der Waals surface area contributed by atoms with E-state index < -0.39 is 11.6 Å². The summed E-state index contributed by atoms with van der Waals surface area (Å²) in [4.78, 5) is 15.8. The van der Waals surface area contributed by atoms with E-state index in [1.807, 2.05) is 0 Å². The first kappa shape index (κ1) is 15.5. The van der Waals surface area contributed by atoms with Crippen LogP contribution in [0.1, 0.15) is 26.2 Å². The summed E-state index contributed by atoms with van der Waals surface area (Å²) in [5.41, 5.74) is 1.72. The Labute approximate surface area is 112 Å². The van der Waals surface area contributed by atoms with Crippen LogP contribution in [-0.2, 0) is 19.1 Å². The van der Waals surface area contributed by atoms with Gasteiger partial charge in [-0.2, -0.15) is 0 Å². The Morgan fingerprint density at radius 3 is 2.79 bits per heavy atom. The van der Waals surface area contributed by atoms with E-state index in [4.69, 9.17) is 20.1 Å². The molecule has 0 aromatic heterocycles. The van der Waals surface area contributed by atoms with Crippen LogP contribution in [0.2, 0.25) is 0 Å². The van der Waals surface area contributed by atoms with Gasteiger partial charge >= 0.3 is 5.97 Å². The van der Waals surface area contributed by atoms with Crippen molar-refractivity contribution in [3.63, 3.8) is 0 Å². The number of ether oxygens (including phenoxy) is 2. The number of nitrogens with one attached hydrogen (secondary N) is 2. The molecule has 0 amide bonds. The summed E-state index contributed by atoms with van der Waals surface area (Å²) >= 11 is 0. The predicted octanol–water partition coefficient (Wildman–Crippen LogP) is 0.493. The molecule has 0 radical (unpaired) electrons. The second-order valence-electron chi connectivity index (χ2n) is 4.07. The van der Waals surface area contributed by atoms with E-state index >= 15 is 0 Å². The van der Waals surface area contributed by atoms with E-state index in [1.165, 1.54) is 0 Å². The topological polar surface area (TPSA) is 101 Å². The van der Waals surface area contributed by atoms with Gasteiger partial charge in [0.1, 0.15) is 11.9 Å². The standard InChI is InChI=1S/C12H20N2O5/c1-2-17-10(16)4-8-19-14-11(13)12(5-3-6-12)18-9-7-15/h4,8,15H,2-3,5-7,9H2,1H3,(H2,13,14)/b8-4+. The Bertz CT molecular complexity index is 339. The monoisotopic (exact) mass is 272 g/mol. The highest BCUT2D eigenvalue weighted by Gasteiger charge is 2.43. The fraction of sp³-hybridized carbons (Fsp3) is 0.667. The van der Waals surface area contributed by atoms with Crippen LogP contribution in [0.3, 0.4) is 0 Å². The van der Waals surface area contributed by atoms with Crippen LogP contribution < -0.4 is 5.48 Å². The zero-order valence-corrected chi connectivity index (χ0v) is 11.0. The summed E-state index contributed by atoms with van der Waals surface area (Å²) in [5.74, 6) is -0.425. The maximum atomic E-state index is 11.0. The lowest BCUT2D eigenvalue weighted by Crippen LogP contribution is -2.53. The fourth-order valence-corrected chi connectivity index (χ4v) is 1.67. The molecule has 0 unspecified atom stereocenters. The summed E-state index contributed by atoms with van der Waals surface area (Å²) < 4.78 is 10.1. The van der Waals surface area contributed by atoms with Crippen molar-refractivity contribution in [3.8, 4) is 0 Å². The number of aliphatic hydroxyl groups excluding tert-OH is 1. The number of aliphatic hydroxyl groups is 1. The smallest absolute Gasteiger partial charge is 0.333 e. The molecule has 0 saturated heterocycles. The van der Waals surface area contributed by atoms with Gasteiger partial charge in [0.2, 0.25) is 0 Å². The van der Waals surface area contributed by atoms with E-state index in [0.717, 1.165) is 18.8 Å². The number of carbonyl (C=O) groups is 1. The lowest BCUT2D eigenvalue weighted by Gasteiger charge is -2.41. The van der Waals surface area contributed by atoms with Gasteiger partial charge in [0.05, 0.1) is 25.9 Å². The Kier molecular flexibility index (Phi) is 6.31. The van der Waals surface area contributed by atoms with Crippen molar-refractivity contribution in [3.05, 3.63) is 12.3 Å². The molecule has 7 heteroatoms. The molecule has 3 N–H and O–H groups in total. The van der Waals surface area contributed by atoms with Crippen molar-refractivity contribution < 1.29 is 24.2 Å². The van der Waals surface area contributed by atoms with Crippen LogP contribution in [0.5, 0.6) is 0 Å². The Morgan fingerprint density at radius 2 is 2.26 bits per heavy atom. The molecule has 0 aromatic carbocycles. The highest BCUT2D eigenvalue weighted by molar-refractivity contribution is 5.88. The van der Waals surface area contributed by atoms with Crippen molar-refractivity contribution in [2.45, 2.75) is 31.8 Å². The number of hydrogen-bond acceptors (Lipinski definition) is 6. The fourth-order valence-electron chi connectivity index (χ4n) is 1.67. The van der Waals surface area contributed by atoms with Gasteiger partial charge in [0, 0.05) is 0 Å². The molecule has 1 fully saturated rings. The van der Waals surface area contributed by atoms with E-state index in [1.54, 1.807) is 6.92 Å². The largest absolute Gasteiger partial charge is 0.463 e. The molecular formula is C12H20N2O5. The Morgan fingerprint density at radius 1 is 1.53 bits per heavy atom. The number of hydroxylamine groups is 1. The zero-order chi connectivity index (χ0) is 14.1. The first-order valence-corrected chi connectivity index (χ1v) is 6.23. The molecule has 19 heavy (non-hydrogen) atoms. The van der Waals surface area contributed by atoms with Crippen LogP contribution in [0.4, 0.5) is 0 Å². The van der Waals surface area contributed by atoms with E-state index in [2.05, 4.69) is 10.2 Å². The van der Waals surface area contributed by atoms with Gasteiger partial charge in [-0.1, -0.05) is 0 Å². The Balaban J connectivity index is 2.31. The van der Waals surface area contributed by atoms with Crippen molar-refractivity contribution in [1.29, 1.82) is 5.41 Å². The summed E-state index contributed by atoms with van der Waals surface area (Å²) in [7, 11) is 0. The van der Waals surface area contributed by atoms with Crippen LogP contribution in [-0.4, -0.2) is 42.3 Å². The van der Waals surface area contributed by atoms with Crippen LogP contribution in [0, 0.1) is 5.41 Å². The third-order valence-corrected chi connectivity index (χ3v) is 2.81. The minimum absolute atomic E-state index is 0.0840. The molecule has 7 nitrogen and oxygen atoms in total. The summed E-state index contributed by atoms with van der Waals surface area (Å²) in [5, 5.41) is 16.6. The van der Waals surface area contributed by atoms with Crippen molar-refractivity contribution >= 4 is 11.8 Å². The average Bonchev–Trinajstić information content (AvgIpc) is 2.34. The van der Waals surface area contributed by atoms with Crippen molar-refractivity contribution in [2.24, 2.45) is 0 Å². The molecule has 0 aliphatic heterocycles. The summed E-state index contributed by atoms with van der Waals surface area (Å²) in [6.45, 7) is 2.10. The second kappa shape index (κ2) is 7.75. The summed E-state index contributed by atoms with van der Waals surface area (Å²) in [6.07, 6.45) is 4.62. The molecule has 1 aliphatic carbocycles. The van der Waals surface area contributed by atoms with Gasteiger partial charge < -0.3 is 19.4 Å². The first-order valence-electron chi connectivity index (χ1n) is 6.23. The third kappa shape index (κ3) is 4.53. The molecule has 0 spiro atoms. The molecule has 0 heterocycles. The first-order chi connectivity index (χ1) is 9.14. The minimum Gasteiger partial charge on any atom is -0.463 e. The lowest BCUT2D eigenvalue weighted by atomic mass is 9.79. The number of rotatable bonds is 8. The van der Waals surface area contributed by atoms with Gasteiger partial charge in [0.25, 0.3) is 0 Å². The van der Waals surface area contributed by atoms with E-state index in [-0.39, 0.29) is 19.0 Å². The lowest BCUT2D eigenvalue weighted by molar-refractivity contribution is -0.137. The van der Waals surface area contributed by atoms with Crippen LogP contribution in [0.15, 0.2) is 12.3 Å². The molecule has 108 valence electrons. The number of carbonyl (C=O) groups excluding carboxylic acids is 1. The maximum absolute atomic E-state index is 11.0. The normalized spacial score (nSPS) is 16.7. The quantitative estimate of drug-likeness (QED) is 0.148. The number of hydrogen-bond donors (Lipinski definition) is 3. The molecule has 0 aromatic rings. The van der Waals surface area contributed by atoms with E-state index in [0.29, 0.717) is 19.4 Å². The predicted molar refractivity (Wildman–Crippen MR) is 67.3 cm³/mol. The highest BCUT2D eigenvalue weighted by atomic mass is 16.6. The Hall–Kier alpha value is -1.60. The van der Waals surface area contributed by atoms with Gasteiger partial charge in [-0.3, -0.25) is 5.41 Å². The van der Waals surface area contributed by atoms with Crippen LogP contribution in [0.25, 0.3) is 0 Å². The highest BCUT2D eigenvalue weighted by Crippen LogP contribution is 2.35. The molecule has 0 bridgehead atoms. The maximum Gasteiger partial charge on any atom is 0.333 e. The van der Waals surface area contributed by atoms with Gasteiger partial charge in [-0.25, -0.2) is 10.3 Å². The summed E-state index contributed by atoms with van der Waals surface area (Å²) in [6, 6.07) is 0. The van der Waals surface area contributed by atoms with Crippen molar-refractivity contribution in [1.82, 2.24) is 5.48 Å². The molecule has 0 atom stereocenters. The van der Waals surface area contributed by atoms with Crippen LogP contribution >= 0.6 is 0 Å². The second-order valence-corrected chi connectivity index (χ2v) is 4.07. The SMILES string of the molecule is CCOC(=O)/C=C/ONC(=N)C1(OCCO)CCC1. The van der Waals surface area contributed by atoms with Gasteiger partial charge in [0.15, 0.2) is 5.84 Å². The molecule has 1 saturated carbocycles. The third-order valence-electron chi connectivity index (χ3n) is 2.81. The molecule has 1 rings (SSSR count).